The number of nitrogens with one attached hydrogen (secondary N) is 1. The van der Waals surface area contributed by atoms with E-state index in [9.17, 15) is 4.21 Å². The Morgan fingerprint density at radius 3 is 2.75 bits per heavy atom. The lowest BCUT2D eigenvalue weighted by Crippen LogP contribution is -2.57. The molecule has 2 fully saturated rings. The van der Waals surface area contributed by atoms with Crippen LogP contribution >= 0.6 is 0 Å². The first-order valence-corrected chi connectivity index (χ1v) is 8.21. The van der Waals surface area contributed by atoms with Crippen LogP contribution in [0.5, 0.6) is 0 Å². The Morgan fingerprint density at radius 2 is 2.19 bits per heavy atom. The molecule has 4 heteroatoms. The standard InChI is InChI=1S/C12H24N2OS/c1-3-11-8-13-12(10-4-5-10)9-14(11)6-7-16(2)15/h10-13H,3-9H2,1-2H3. The van der Waals surface area contributed by atoms with E-state index >= 15 is 0 Å². The third-order valence-corrected chi connectivity index (χ3v) is 4.65. The van der Waals surface area contributed by atoms with Gasteiger partial charge in [-0.2, -0.15) is 0 Å². The van der Waals surface area contributed by atoms with E-state index in [1.807, 2.05) is 6.26 Å². The van der Waals surface area contributed by atoms with Gasteiger partial charge in [0.1, 0.15) is 0 Å². The van der Waals surface area contributed by atoms with Crippen molar-refractivity contribution < 1.29 is 4.21 Å². The minimum absolute atomic E-state index is 0.651. The van der Waals surface area contributed by atoms with Gasteiger partial charge in [0.15, 0.2) is 0 Å². The van der Waals surface area contributed by atoms with Crippen molar-refractivity contribution in [2.75, 3.05) is 31.6 Å². The molecule has 0 aromatic carbocycles. The van der Waals surface area contributed by atoms with Gasteiger partial charge in [0.25, 0.3) is 0 Å². The van der Waals surface area contributed by atoms with Crippen LogP contribution in [0.2, 0.25) is 0 Å². The minimum Gasteiger partial charge on any atom is -0.311 e. The summed E-state index contributed by atoms with van der Waals surface area (Å²) in [6, 6.07) is 1.35. The number of piperazine rings is 1. The Hall–Kier alpha value is 0.0700. The maximum absolute atomic E-state index is 11.2. The summed E-state index contributed by atoms with van der Waals surface area (Å²) in [5, 5.41) is 3.68. The van der Waals surface area contributed by atoms with Crippen LogP contribution in [0.25, 0.3) is 0 Å². The van der Waals surface area contributed by atoms with Crippen molar-refractivity contribution in [3.8, 4) is 0 Å². The van der Waals surface area contributed by atoms with E-state index < -0.39 is 10.8 Å². The molecule has 1 aliphatic heterocycles. The Labute approximate surface area is 101 Å². The number of rotatable bonds is 5. The minimum atomic E-state index is -0.653. The van der Waals surface area contributed by atoms with Gasteiger partial charge in [-0.05, 0) is 25.2 Å². The molecule has 1 aliphatic carbocycles. The summed E-state index contributed by atoms with van der Waals surface area (Å²) < 4.78 is 11.2. The molecule has 0 aromatic heterocycles. The van der Waals surface area contributed by atoms with Gasteiger partial charge in [-0.25, -0.2) is 0 Å². The highest BCUT2D eigenvalue weighted by Gasteiger charge is 2.36. The highest BCUT2D eigenvalue weighted by Crippen LogP contribution is 2.34. The Balaban J connectivity index is 1.85. The van der Waals surface area contributed by atoms with Crippen molar-refractivity contribution in [1.82, 2.24) is 10.2 Å². The van der Waals surface area contributed by atoms with Gasteiger partial charge in [-0.1, -0.05) is 6.92 Å². The fraction of sp³-hybridized carbons (Fsp3) is 1.00. The highest BCUT2D eigenvalue weighted by molar-refractivity contribution is 7.84. The van der Waals surface area contributed by atoms with Gasteiger partial charge >= 0.3 is 0 Å². The average Bonchev–Trinajstić information content (AvgIpc) is 3.09. The first-order valence-electron chi connectivity index (χ1n) is 6.48. The van der Waals surface area contributed by atoms with E-state index in [-0.39, 0.29) is 0 Å². The smallest absolute Gasteiger partial charge is 0.0359 e. The predicted molar refractivity (Wildman–Crippen MR) is 69.1 cm³/mol. The molecule has 3 unspecified atom stereocenters. The molecule has 0 spiro atoms. The van der Waals surface area contributed by atoms with Crippen LogP contribution in [0.15, 0.2) is 0 Å². The van der Waals surface area contributed by atoms with E-state index in [0.717, 1.165) is 24.8 Å². The van der Waals surface area contributed by atoms with Crippen LogP contribution < -0.4 is 5.32 Å². The molecule has 1 saturated heterocycles. The quantitative estimate of drug-likeness (QED) is 0.777. The molecule has 0 aromatic rings. The normalized spacial score (nSPS) is 33.9. The maximum Gasteiger partial charge on any atom is 0.0359 e. The average molecular weight is 244 g/mol. The molecule has 1 N–H and O–H groups in total. The Bertz CT molecular complexity index is 255. The van der Waals surface area contributed by atoms with Crippen molar-refractivity contribution >= 4 is 10.8 Å². The van der Waals surface area contributed by atoms with Crippen molar-refractivity contribution in [2.45, 2.75) is 38.3 Å². The van der Waals surface area contributed by atoms with Crippen LogP contribution in [0.1, 0.15) is 26.2 Å². The van der Waals surface area contributed by atoms with Gasteiger partial charge in [-0.3, -0.25) is 9.11 Å². The molecule has 0 amide bonds. The molecule has 16 heavy (non-hydrogen) atoms. The van der Waals surface area contributed by atoms with Gasteiger partial charge < -0.3 is 5.32 Å². The topological polar surface area (TPSA) is 32.3 Å². The summed E-state index contributed by atoms with van der Waals surface area (Å²) in [7, 11) is -0.653. The zero-order valence-electron chi connectivity index (χ0n) is 10.4. The summed E-state index contributed by atoms with van der Waals surface area (Å²) in [6.45, 7) is 5.54. The molecule has 2 rings (SSSR count). The van der Waals surface area contributed by atoms with Gasteiger partial charge in [-0.15, -0.1) is 0 Å². The Morgan fingerprint density at radius 1 is 1.44 bits per heavy atom. The summed E-state index contributed by atoms with van der Waals surface area (Å²) in [6.07, 6.45) is 5.81. The van der Waals surface area contributed by atoms with E-state index in [1.165, 1.54) is 25.8 Å². The van der Waals surface area contributed by atoms with Crippen LogP contribution in [0, 0.1) is 5.92 Å². The second-order valence-electron chi connectivity index (χ2n) is 5.19. The molecule has 1 heterocycles. The molecule has 0 radical (unpaired) electrons. The highest BCUT2D eigenvalue weighted by atomic mass is 32.2. The maximum atomic E-state index is 11.2. The third kappa shape index (κ3) is 3.28. The molecule has 3 atom stereocenters. The van der Waals surface area contributed by atoms with Crippen molar-refractivity contribution in [2.24, 2.45) is 5.92 Å². The summed E-state index contributed by atoms with van der Waals surface area (Å²) in [4.78, 5) is 2.56. The summed E-state index contributed by atoms with van der Waals surface area (Å²) in [5.74, 6) is 1.75. The lowest BCUT2D eigenvalue weighted by atomic mass is 10.0. The molecule has 2 aliphatic rings. The lowest BCUT2D eigenvalue weighted by molar-refractivity contribution is 0.127. The molecule has 3 nitrogen and oxygen atoms in total. The monoisotopic (exact) mass is 244 g/mol. The SMILES string of the molecule is CCC1CNC(C2CC2)CN1CCS(C)=O. The van der Waals surface area contributed by atoms with Gasteiger partial charge in [0.2, 0.25) is 0 Å². The van der Waals surface area contributed by atoms with Gasteiger partial charge in [0, 0.05) is 54.5 Å². The number of hydrogen-bond acceptors (Lipinski definition) is 3. The summed E-state index contributed by atoms with van der Waals surface area (Å²) in [5.41, 5.74) is 0. The van der Waals surface area contributed by atoms with Crippen molar-refractivity contribution in [3.63, 3.8) is 0 Å². The zero-order valence-corrected chi connectivity index (χ0v) is 11.3. The molecular weight excluding hydrogens is 220 g/mol. The molecule has 94 valence electrons. The number of nitrogens with zero attached hydrogens (tertiary/aromatic N) is 1. The molecular formula is C12H24N2OS. The molecule has 0 bridgehead atoms. The van der Waals surface area contributed by atoms with E-state index in [1.54, 1.807) is 0 Å². The summed E-state index contributed by atoms with van der Waals surface area (Å²) >= 11 is 0. The van der Waals surface area contributed by atoms with E-state index in [4.69, 9.17) is 0 Å². The van der Waals surface area contributed by atoms with Crippen LogP contribution in [0.3, 0.4) is 0 Å². The largest absolute Gasteiger partial charge is 0.311 e. The third-order valence-electron chi connectivity index (χ3n) is 3.89. The van der Waals surface area contributed by atoms with Gasteiger partial charge in [0.05, 0.1) is 0 Å². The Kier molecular flexibility index (Phi) is 4.39. The van der Waals surface area contributed by atoms with E-state index in [2.05, 4.69) is 17.1 Å². The van der Waals surface area contributed by atoms with Crippen LogP contribution in [0.4, 0.5) is 0 Å². The van der Waals surface area contributed by atoms with Crippen molar-refractivity contribution in [1.29, 1.82) is 0 Å². The first kappa shape index (κ1) is 12.5. The lowest BCUT2D eigenvalue weighted by Gasteiger charge is -2.40. The van der Waals surface area contributed by atoms with Crippen LogP contribution in [-0.4, -0.2) is 52.8 Å². The zero-order chi connectivity index (χ0) is 11.5. The second-order valence-corrected chi connectivity index (χ2v) is 6.74. The first-order chi connectivity index (χ1) is 7.70. The predicted octanol–water partition coefficient (Wildman–Crippen LogP) is 0.827. The van der Waals surface area contributed by atoms with Crippen molar-refractivity contribution in [3.05, 3.63) is 0 Å². The van der Waals surface area contributed by atoms with Crippen LogP contribution in [-0.2, 0) is 10.8 Å². The second kappa shape index (κ2) is 5.61. The fourth-order valence-corrected chi connectivity index (χ4v) is 3.11. The molecule has 1 saturated carbocycles. The fourth-order valence-electron chi connectivity index (χ4n) is 2.62. The van der Waals surface area contributed by atoms with E-state index in [0.29, 0.717) is 12.1 Å². The number of hydrogen-bond donors (Lipinski definition) is 1.